The lowest BCUT2D eigenvalue weighted by molar-refractivity contribution is 0.0710. The van der Waals surface area contributed by atoms with Crippen molar-refractivity contribution in [2.24, 2.45) is 0 Å². The molecule has 1 atom stereocenters. The molecule has 27 heavy (non-hydrogen) atoms. The van der Waals surface area contributed by atoms with Crippen LogP contribution in [0.25, 0.3) is 11.5 Å². The highest BCUT2D eigenvalue weighted by atomic mass is 16.5. The summed E-state index contributed by atoms with van der Waals surface area (Å²) in [6, 6.07) is 13.0. The standard InChI is InChI=1S/C20H21N5O2/c1-24(2)15-8-5-7-14(13-15)20(26)25-12-6-10-17(25)19-22-18(23-27-19)16-9-3-4-11-21-16/h3-5,7-9,11,13,17H,6,10,12H2,1-2H3. The van der Waals surface area contributed by atoms with Crippen LogP contribution in [0.5, 0.6) is 0 Å². The summed E-state index contributed by atoms with van der Waals surface area (Å²) in [5.74, 6) is 0.892. The highest BCUT2D eigenvalue weighted by Gasteiger charge is 2.34. The van der Waals surface area contributed by atoms with Crippen molar-refractivity contribution < 1.29 is 9.32 Å². The Bertz CT molecular complexity index is 938. The number of hydrogen-bond donors (Lipinski definition) is 0. The maximum atomic E-state index is 13.1. The SMILES string of the molecule is CN(C)c1cccc(C(=O)N2CCCC2c2nc(-c3ccccn3)no2)c1. The third kappa shape index (κ3) is 3.40. The highest BCUT2D eigenvalue weighted by molar-refractivity contribution is 5.95. The largest absolute Gasteiger partial charge is 0.378 e. The molecule has 1 aliphatic heterocycles. The summed E-state index contributed by atoms with van der Waals surface area (Å²) < 4.78 is 5.48. The molecule has 7 heteroatoms. The number of amides is 1. The number of rotatable bonds is 4. The van der Waals surface area contributed by atoms with E-state index in [4.69, 9.17) is 4.52 Å². The van der Waals surface area contributed by atoms with Crippen molar-refractivity contribution in [2.45, 2.75) is 18.9 Å². The van der Waals surface area contributed by atoms with Gasteiger partial charge in [-0.1, -0.05) is 17.3 Å². The molecule has 138 valence electrons. The molecule has 3 aromatic rings. The van der Waals surface area contributed by atoms with E-state index in [9.17, 15) is 4.79 Å². The van der Waals surface area contributed by atoms with E-state index >= 15 is 0 Å². The smallest absolute Gasteiger partial charge is 0.254 e. The molecule has 1 saturated heterocycles. The zero-order valence-electron chi connectivity index (χ0n) is 15.4. The first-order chi connectivity index (χ1) is 13.1. The maximum absolute atomic E-state index is 13.1. The molecule has 7 nitrogen and oxygen atoms in total. The number of likely N-dealkylation sites (tertiary alicyclic amines) is 1. The Labute approximate surface area is 157 Å². The molecule has 0 N–H and O–H groups in total. The van der Waals surface area contributed by atoms with Gasteiger partial charge in [-0.3, -0.25) is 9.78 Å². The summed E-state index contributed by atoms with van der Waals surface area (Å²) in [5.41, 5.74) is 2.31. The quantitative estimate of drug-likeness (QED) is 0.709. The first kappa shape index (κ1) is 17.2. The van der Waals surface area contributed by atoms with Crippen molar-refractivity contribution in [1.29, 1.82) is 0 Å². The Hall–Kier alpha value is -3.22. The topological polar surface area (TPSA) is 75.4 Å². The second kappa shape index (κ2) is 7.19. The predicted molar refractivity (Wildman–Crippen MR) is 101 cm³/mol. The molecule has 0 radical (unpaired) electrons. The number of pyridine rings is 1. The predicted octanol–water partition coefficient (Wildman–Crippen LogP) is 3.17. The number of benzene rings is 1. The van der Waals surface area contributed by atoms with Gasteiger partial charge in [-0.25, -0.2) is 0 Å². The molecule has 1 aromatic carbocycles. The molecule has 0 spiro atoms. The van der Waals surface area contributed by atoms with Crippen molar-refractivity contribution in [1.82, 2.24) is 20.0 Å². The first-order valence-electron chi connectivity index (χ1n) is 8.97. The minimum atomic E-state index is -0.203. The molecular weight excluding hydrogens is 342 g/mol. The average molecular weight is 363 g/mol. The van der Waals surface area contributed by atoms with Crippen LogP contribution >= 0.6 is 0 Å². The van der Waals surface area contributed by atoms with Gasteiger partial charge in [-0.15, -0.1) is 0 Å². The molecule has 3 heterocycles. The fourth-order valence-electron chi connectivity index (χ4n) is 3.32. The van der Waals surface area contributed by atoms with Crippen molar-refractivity contribution in [2.75, 3.05) is 25.5 Å². The van der Waals surface area contributed by atoms with E-state index in [0.29, 0.717) is 29.5 Å². The molecular formula is C20H21N5O2. The Kier molecular flexibility index (Phi) is 4.58. The minimum absolute atomic E-state index is 0.0150. The second-order valence-electron chi connectivity index (χ2n) is 6.77. The van der Waals surface area contributed by atoms with Crippen LogP contribution in [0.15, 0.2) is 53.2 Å². The van der Waals surface area contributed by atoms with E-state index in [0.717, 1.165) is 18.5 Å². The molecule has 1 unspecified atom stereocenters. The Morgan fingerprint density at radius 1 is 1.22 bits per heavy atom. The monoisotopic (exact) mass is 363 g/mol. The van der Waals surface area contributed by atoms with Crippen LogP contribution < -0.4 is 4.90 Å². The number of carbonyl (C=O) groups excluding carboxylic acids is 1. The minimum Gasteiger partial charge on any atom is -0.378 e. The number of anilines is 1. The summed E-state index contributed by atoms with van der Waals surface area (Å²) in [4.78, 5) is 25.6. The van der Waals surface area contributed by atoms with Gasteiger partial charge < -0.3 is 14.3 Å². The fraction of sp³-hybridized carbons (Fsp3) is 0.300. The van der Waals surface area contributed by atoms with E-state index in [1.54, 1.807) is 6.20 Å². The third-order valence-electron chi connectivity index (χ3n) is 4.74. The zero-order chi connectivity index (χ0) is 18.8. The van der Waals surface area contributed by atoms with Gasteiger partial charge in [-0.05, 0) is 43.2 Å². The van der Waals surface area contributed by atoms with E-state index in [1.165, 1.54) is 0 Å². The van der Waals surface area contributed by atoms with Gasteiger partial charge in [0, 0.05) is 38.1 Å². The van der Waals surface area contributed by atoms with Gasteiger partial charge in [0.15, 0.2) is 0 Å². The Morgan fingerprint density at radius 3 is 2.89 bits per heavy atom. The van der Waals surface area contributed by atoms with E-state index in [2.05, 4.69) is 15.1 Å². The van der Waals surface area contributed by atoms with Gasteiger partial charge in [-0.2, -0.15) is 4.98 Å². The van der Waals surface area contributed by atoms with Crippen LogP contribution in [0.4, 0.5) is 5.69 Å². The van der Waals surface area contributed by atoms with Crippen LogP contribution in [-0.2, 0) is 0 Å². The van der Waals surface area contributed by atoms with Crippen molar-refractivity contribution >= 4 is 11.6 Å². The van der Waals surface area contributed by atoms with Crippen molar-refractivity contribution in [3.8, 4) is 11.5 Å². The zero-order valence-corrected chi connectivity index (χ0v) is 15.4. The summed E-state index contributed by atoms with van der Waals surface area (Å²) in [6.07, 6.45) is 3.41. The fourth-order valence-corrected chi connectivity index (χ4v) is 3.32. The van der Waals surface area contributed by atoms with E-state index in [1.807, 2.05) is 66.4 Å². The third-order valence-corrected chi connectivity index (χ3v) is 4.74. The summed E-state index contributed by atoms with van der Waals surface area (Å²) in [7, 11) is 3.92. The summed E-state index contributed by atoms with van der Waals surface area (Å²) in [6.45, 7) is 0.678. The van der Waals surface area contributed by atoms with Crippen LogP contribution in [0.1, 0.15) is 35.1 Å². The molecule has 2 aromatic heterocycles. The van der Waals surface area contributed by atoms with Crippen LogP contribution in [0.2, 0.25) is 0 Å². The normalized spacial score (nSPS) is 16.5. The lowest BCUT2D eigenvalue weighted by Gasteiger charge is -2.22. The highest BCUT2D eigenvalue weighted by Crippen LogP contribution is 2.33. The van der Waals surface area contributed by atoms with Gasteiger partial charge >= 0.3 is 0 Å². The van der Waals surface area contributed by atoms with Gasteiger partial charge in [0.1, 0.15) is 11.7 Å². The number of aromatic nitrogens is 3. The lowest BCUT2D eigenvalue weighted by atomic mass is 10.1. The number of nitrogens with zero attached hydrogens (tertiary/aromatic N) is 5. The Morgan fingerprint density at radius 2 is 2.11 bits per heavy atom. The summed E-state index contributed by atoms with van der Waals surface area (Å²) in [5, 5.41) is 4.04. The molecule has 0 bridgehead atoms. The van der Waals surface area contributed by atoms with Crippen molar-refractivity contribution in [3.05, 3.63) is 60.1 Å². The maximum Gasteiger partial charge on any atom is 0.254 e. The number of carbonyl (C=O) groups is 1. The molecule has 0 saturated carbocycles. The molecule has 0 aliphatic carbocycles. The Balaban J connectivity index is 1.58. The molecule has 1 amide bonds. The lowest BCUT2D eigenvalue weighted by Crippen LogP contribution is -2.30. The molecule has 1 fully saturated rings. The average Bonchev–Trinajstić information content (AvgIpc) is 3.37. The van der Waals surface area contributed by atoms with E-state index in [-0.39, 0.29) is 11.9 Å². The second-order valence-corrected chi connectivity index (χ2v) is 6.77. The van der Waals surface area contributed by atoms with Crippen LogP contribution in [-0.4, -0.2) is 46.6 Å². The van der Waals surface area contributed by atoms with Gasteiger partial charge in [0.25, 0.3) is 5.91 Å². The van der Waals surface area contributed by atoms with Crippen LogP contribution in [0, 0.1) is 0 Å². The summed E-state index contributed by atoms with van der Waals surface area (Å²) >= 11 is 0. The van der Waals surface area contributed by atoms with Crippen molar-refractivity contribution in [3.63, 3.8) is 0 Å². The van der Waals surface area contributed by atoms with Gasteiger partial charge in [0.2, 0.25) is 11.7 Å². The van der Waals surface area contributed by atoms with Crippen LogP contribution in [0.3, 0.4) is 0 Å². The first-order valence-corrected chi connectivity index (χ1v) is 8.97. The number of hydrogen-bond acceptors (Lipinski definition) is 6. The molecule has 1 aliphatic rings. The molecule has 4 rings (SSSR count). The van der Waals surface area contributed by atoms with Gasteiger partial charge in [0.05, 0.1) is 0 Å². The van der Waals surface area contributed by atoms with E-state index < -0.39 is 0 Å².